The molecule has 1 aliphatic rings. The highest BCUT2D eigenvalue weighted by atomic mass is 15.4. The van der Waals surface area contributed by atoms with Gasteiger partial charge in [-0.1, -0.05) is 29.8 Å². The third-order valence-corrected chi connectivity index (χ3v) is 5.54. The van der Waals surface area contributed by atoms with Crippen molar-refractivity contribution in [2.75, 3.05) is 33.7 Å². The van der Waals surface area contributed by atoms with Gasteiger partial charge in [-0.2, -0.15) is 5.10 Å². The van der Waals surface area contributed by atoms with E-state index in [0.717, 1.165) is 38.0 Å². The van der Waals surface area contributed by atoms with Crippen LogP contribution in [0.3, 0.4) is 0 Å². The number of nitrogens with one attached hydrogen (secondary N) is 1. The molecule has 1 aliphatic heterocycles. The van der Waals surface area contributed by atoms with Gasteiger partial charge in [-0.25, -0.2) is 4.98 Å². The largest absolute Gasteiger partial charge is 0.356 e. The highest BCUT2D eigenvalue weighted by molar-refractivity contribution is 5.79. The number of hydrogen-bond acceptors (Lipinski definition) is 4. The van der Waals surface area contributed by atoms with Gasteiger partial charge < -0.3 is 10.2 Å². The normalized spacial score (nSPS) is 16.4. The lowest BCUT2D eigenvalue weighted by atomic mass is 9.96. The molecule has 0 unspecified atom stereocenters. The monoisotopic (exact) mass is 383 g/mol. The highest BCUT2D eigenvalue weighted by Crippen LogP contribution is 2.18. The van der Waals surface area contributed by atoms with E-state index in [1.807, 2.05) is 21.1 Å². The van der Waals surface area contributed by atoms with Crippen molar-refractivity contribution in [2.24, 2.45) is 18.0 Å². The summed E-state index contributed by atoms with van der Waals surface area (Å²) in [4.78, 5) is 13.4. The maximum absolute atomic E-state index is 4.42. The minimum Gasteiger partial charge on any atom is -0.356 e. The number of likely N-dealkylation sites (tertiary alicyclic amines) is 1. The average molecular weight is 384 g/mol. The van der Waals surface area contributed by atoms with Crippen LogP contribution in [0, 0.1) is 12.8 Å². The number of aliphatic imine (C=N–C) groups is 1. The molecule has 0 spiro atoms. The van der Waals surface area contributed by atoms with E-state index >= 15 is 0 Å². The van der Waals surface area contributed by atoms with Crippen molar-refractivity contribution in [3.63, 3.8) is 0 Å². The van der Waals surface area contributed by atoms with Crippen molar-refractivity contribution in [3.8, 4) is 0 Å². The Balaban J connectivity index is 1.41. The summed E-state index contributed by atoms with van der Waals surface area (Å²) in [6, 6.07) is 8.91. The molecule has 2 aromatic rings. The minimum absolute atomic E-state index is 0.686. The van der Waals surface area contributed by atoms with Gasteiger partial charge in [0.1, 0.15) is 12.2 Å². The molecular weight excluding hydrogens is 350 g/mol. The van der Waals surface area contributed by atoms with Crippen LogP contribution in [0.4, 0.5) is 0 Å². The van der Waals surface area contributed by atoms with Crippen LogP contribution in [-0.4, -0.2) is 64.3 Å². The van der Waals surface area contributed by atoms with Crippen LogP contribution in [0.15, 0.2) is 35.6 Å². The molecule has 7 heteroatoms. The number of piperidine rings is 1. The summed E-state index contributed by atoms with van der Waals surface area (Å²) in [7, 11) is 5.78. The second-order valence-electron chi connectivity index (χ2n) is 7.79. The van der Waals surface area contributed by atoms with Crippen LogP contribution in [0.5, 0.6) is 0 Å². The molecule has 2 heterocycles. The molecule has 1 fully saturated rings. The number of benzene rings is 1. The van der Waals surface area contributed by atoms with Crippen LogP contribution < -0.4 is 5.32 Å². The third-order valence-electron chi connectivity index (χ3n) is 5.54. The molecule has 0 radical (unpaired) electrons. The molecular formula is C21H33N7. The number of aromatic nitrogens is 3. The van der Waals surface area contributed by atoms with Crippen molar-refractivity contribution in [1.82, 2.24) is 29.9 Å². The lowest BCUT2D eigenvalue weighted by Crippen LogP contribution is -2.43. The molecule has 1 N–H and O–H groups in total. The molecule has 28 heavy (non-hydrogen) atoms. The molecule has 0 aliphatic carbocycles. The van der Waals surface area contributed by atoms with Gasteiger partial charge in [-0.05, 0) is 44.3 Å². The summed E-state index contributed by atoms with van der Waals surface area (Å²) in [6.07, 6.45) is 4.04. The van der Waals surface area contributed by atoms with Gasteiger partial charge >= 0.3 is 0 Å². The van der Waals surface area contributed by atoms with Crippen molar-refractivity contribution in [3.05, 3.63) is 47.5 Å². The summed E-state index contributed by atoms with van der Waals surface area (Å²) in [6.45, 7) is 7.17. The smallest absolute Gasteiger partial charge is 0.193 e. The molecule has 1 saturated heterocycles. The van der Waals surface area contributed by atoms with Crippen LogP contribution >= 0.6 is 0 Å². The summed E-state index contributed by atoms with van der Waals surface area (Å²) >= 11 is 0. The Morgan fingerprint density at radius 3 is 2.57 bits per heavy atom. The first-order chi connectivity index (χ1) is 13.5. The first-order valence-electron chi connectivity index (χ1n) is 10.1. The molecule has 0 saturated carbocycles. The van der Waals surface area contributed by atoms with Gasteiger partial charge in [0.2, 0.25) is 0 Å². The lowest BCUT2D eigenvalue weighted by Gasteiger charge is -2.33. The molecule has 1 aromatic heterocycles. The number of aryl methyl sites for hydroxylation is 2. The summed E-state index contributed by atoms with van der Waals surface area (Å²) in [5, 5.41) is 7.67. The fraction of sp³-hybridized carbons (Fsp3) is 0.571. The molecule has 0 amide bonds. The molecule has 152 valence electrons. The van der Waals surface area contributed by atoms with Crippen LogP contribution in [0.25, 0.3) is 0 Å². The second-order valence-corrected chi connectivity index (χ2v) is 7.79. The van der Waals surface area contributed by atoms with Crippen molar-refractivity contribution in [2.45, 2.75) is 32.9 Å². The van der Waals surface area contributed by atoms with Gasteiger partial charge in [-0.15, -0.1) is 0 Å². The van der Waals surface area contributed by atoms with Gasteiger partial charge in [-0.3, -0.25) is 14.6 Å². The summed E-state index contributed by atoms with van der Waals surface area (Å²) in [5.41, 5.74) is 2.74. The molecule has 0 atom stereocenters. The van der Waals surface area contributed by atoms with Gasteiger partial charge in [0.05, 0.1) is 6.54 Å². The predicted octanol–water partition coefficient (Wildman–Crippen LogP) is 2.04. The zero-order valence-corrected chi connectivity index (χ0v) is 17.6. The standard InChI is InChI=1S/C21H33N7/c1-17-5-7-19(8-6-17)14-28-11-9-18(10-12-28)13-23-21(22-2)26(3)15-20-24-16-25-27(20)4/h5-8,16,18H,9-15H2,1-4H3,(H,22,23). The Bertz CT molecular complexity index is 757. The van der Waals surface area contributed by atoms with Crippen LogP contribution in [0.1, 0.15) is 29.8 Å². The van der Waals surface area contributed by atoms with Crippen LogP contribution in [-0.2, 0) is 20.1 Å². The zero-order valence-electron chi connectivity index (χ0n) is 17.6. The Kier molecular flexibility index (Phi) is 7.03. The SMILES string of the molecule is CN=C(NCC1CCN(Cc2ccc(C)cc2)CC1)N(C)Cc1ncnn1C. The predicted molar refractivity (Wildman–Crippen MR) is 113 cm³/mol. The van der Waals surface area contributed by atoms with Crippen molar-refractivity contribution >= 4 is 5.96 Å². The van der Waals surface area contributed by atoms with E-state index in [9.17, 15) is 0 Å². The minimum atomic E-state index is 0.686. The van der Waals surface area contributed by atoms with Gasteiger partial charge in [0.25, 0.3) is 0 Å². The fourth-order valence-corrected chi connectivity index (χ4v) is 3.67. The van der Waals surface area contributed by atoms with Crippen LogP contribution in [0.2, 0.25) is 0 Å². The second kappa shape index (κ2) is 9.68. The molecule has 1 aromatic carbocycles. The van der Waals surface area contributed by atoms with Gasteiger partial charge in [0.15, 0.2) is 5.96 Å². The van der Waals surface area contributed by atoms with Gasteiger partial charge in [0, 0.05) is 34.2 Å². The lowest BCUT2D eigenvalue weighted by molar-refractivity contribution is 0.177. The molecule has 7 nitrogen and oxygen atoms in total. The highest BCUT2D eigenvalue weighted by Gasteiger charge is 2.20. The van der Waals surface area contributed by atoms with E-state index in [2.05, 4.69) is 61.4 Å². The topological polar surface area (TPSA) is 61.6 Å². The van der Waals surface area contributed by atoms with E-state index in [1.165, 1.54) is 24.0 Å². The zero-order chi connectivity index (χ0) is 19.9. The fourth-order valence-electron chi connectivity index (χ4n) is 3.67. The maximum Gasteiger partial charge on any atom is 0.193 e. The van der Waals surface area contributed by atoms with E-state index in [0.29, 0.717) is 12.5 Å². The number of rotatable bonds is 6. The first kappa shape index (κ1) is 20.3. The Morgan fingerprint density at radius 2 is 1.96 bits per heavy atom. The maximum atomic E-state index is 4.42. The molecule has 0 bridgehead atoms. The van der Waals surface area contributed by atoms with Crippen molar-refractivity contribution in [1.29, 1.82) is 0 Å². The summed E-state index contributed by atoms with van der Waals surface area (Å²) in [5.74, 6) is 2.52. The average Bonchev–Trinajstić information content (AvgIpc) is 3.10. The third kappa shape index (κ3) is 5.55. The molecule has 3 rings (SSSR count). The Hall–Kier alpha value is -2.41. The van der Waals surface area contributed by atoms with Crippen molar-refractivity contribution < 1.29 is 0 Å². The Morgan fingerprint density at radius 1 is 1.25 bits per heavy atom. The van der Waals surface area contributed by atoms with E-state index in [4.69, 9.17) is 0 Å². The number of hydrogen-bond donors (Lipinski definition) is 1. The summed E-state index contributed by atoms with van der Waals surface area (Å²) < 4.78 is 1.80. The quantitative estimate of drug-likeness (QED) is 0.611. The number of nitrogens with zero attached hydrogens (tertiary/aromatic N) is 6. The first-order valence-corrected chi connectivity index (χ1v) is 10.1. The van der Waals surface area contributed by atoms with E-state index in [-0.39, 0.29) is 0 Å². The Labute approximate surface area is 168 Å². The van der Waals surface area contributed by atoms with E-state index < -0.39 is 0 Å². The van der Waals surface area contributed by atoms with E-state index in [1.54, 1.807) is 11.0 Å². The number of guanidine groups is 1.